The second-order valence-corrected chi connectivity index (χ2v) is 18.5. The molecule has 7 rings (SSSR count). The number of ether oxygens (including phenoxy) is 7. The summed E-state index contributed by atoms with van der Waals surface area (Å²) >= 11 is 0. The maximum absolute atomic E-state index is 13.3. The Bertz CT molecular complexity index is 2510. The Morgan fingerprint density at radius 3 is 1.41 bits per heavy atom. The van der Waals surface area contributed by atoms with Gasteiger partial charge in [-0.2, -0.15) is 0 Å². The molecular formula is C58H64O13. The van der Waals surface area contributed by atoms with Gasteiger partial charge in [-0.15, -0.1) is 0 Å². The minimum absolute atomic E-state index is 0.0246. The molecule has 0 radical (unpaired) electrons. The Balaban J connectivity index is 0.772. The van der Waals surface area contributed by atoms with E-state index in [1.165, 1.54) is 6.08 Å². The Labute approximate surface area is 415 Å². The van der Waals surface area contributed by atoms with Crippen molar-refractivity contribution < 1.29 is 61.9 Å². The lowest BCUT2D eigenvalue weighted by molar-refractivity contribution is -0.153. The van der Waals surface area contributed by atoms with Crippen molar-refractivity contribution >= 4 is 35.8 Å². The Morgan fingerprint density at radius 1 is 0.507 bits per heavy atom. The van der Waals surface area contributed by atoms with Gasteiger partial charge in [-0.3, -0.25) is 19.2 Å². The molecule has 3 aliphatic carbocycles. The number of hydrogen-bond donors (Lipinski definition) is 0. The van der Waals surface area contributed by atoms with Crippen LogP contribution >= 0.6 is 0 Å². The summed E-state index contributed by atoms with van der Waals surface area (Å²) in [5.74, 6) is -0.534. The zero-order chi connectivity index (χ0) is 50.1. The first-order chi connectivity index (χ1) is 34.4. The van der Waals surface area contributed by atoms with Gasteiger partial charge in [0.1, 0.15) is 35.2 Å². The van der Waals surface area contributed by atoms with Gasteiger partial charge >= 0.3 is 35.8 Å². The van der Waals surface area contributed by atoms with E-state index in [4.69, 9.17) is 33.2 Å². The molecule has 13 heteroatoms. The van der Waals surface area contributed by atoms with Crippen LogP contribution in [0, 0.1) is 11.8 Å². The molecule has 0 spiro atoms. The van der Waals surface area contributed by atoms with E-state index in [9.17, 15) is 28.8 Å². The third-order valence-corrected chi connectivity index (χ3v) is 13.5. The number of aryl methyl sites for hydroxylation is 2. The van der Waals surface area contributed by atoms with E-state index in [2.05, 4.69) is 20.1 Å². The zero-order valence-corrected chi connectivity index (χ0v) is 40.6. The van der Waals surface area contributed by atoms with Crippen LogP contribution in [0.1, 0.15) is 125 Å². The molecule has 0 N–H and O–H groups in total. The summed E-state index contributed by atoms with van der Waals surface area (Å²) in [6.45, 7) is 9.85. The largest absolute Gasteiger partial charge is 0.494 e. The molecular weight excluding hydrogens is 905 g/mol. The van der Waals surface area contributed by atoms with Gasteiger partial charge in [0, 0.05) is 30.9 Å². The van der Waals surface area contributed by atoms with Crippen LogP contribution in [0.5, 0.6) is 23.0 Å². The summed E-state index contributed by atoms with van der Waals surface area (Å²) in [4.78, 5) is 74.5. The highest BCUT2D eigenvalue weighted by Gasteiger charge is 2.33. The molecule has 4 aromatic rings. The SMILES string of the molecule is C=CC(=O)OCCCCCCOc1ccc(CCC(=O)OC2CCC(C(=O)Oc3ccc4c(c3)C(C)c3cc(OC(=O)C5CCC(OC(=O)CCc6ccc(OC(=O)C=C)cc6)CC5)ccc3-4)CC2)cc1. The molecule has 4 aromatic carbocycles. The predicted octanol–water partition coefficient (Wildman–Crippen LogP) is 10.9. The third kappa shape index (κ3) is 15.2. The third-order valence-electron chi connectivity index (χ3n) is 13.5. The molecule has 0 saturated heterocycles. The Kier molecular flexibility index (Phi) is 18.8. The predicted molar refractivity (Wildman–Crippen MR) is 265 cm³/mol. The highest BCUT2D eigenvalue weighted by atomic mass is 16.6. The lowest BCUT2D eigenvalue weighted by Gasteiger charge is -2.27. The van der Waals surface area contributed by atoms with Crippen molar-refractivity contribution in [1.82, 2.24) is 0 Å². The zero-order valence-electron chi connectivity index (χ0n) is 40.6. The molecule has 0 amide bonds. The van der Waals surface area contributed by atoms with Crippen LogP contribution in [-0.2, 0) is 55.8 Å². The second-order valence-electron chi connectivity index (χ2n) is 18.5. The first kappa shape index (κ1) is 51.8. The number of unbranched alkanes of at least 4 members (excludes halogenated alkanes) is 3. The molecule has 13 nitrogen and oxygen atoms in total. The number of carbonyl (C=O) groups is 6. The average molecular weight is 969 g/mol. The molecule has 2 saturated carbocycles. The van der Waals surface area contributed by atoms with Crippen molar-refractivity contribution in [3.05, 3.63) is 132 Å². The van der Waals surface area contributed by atoms with E-state index in [1.807, 2.05) is 60.7 Å². The topological polar surface area (TPSA) is 167 Å². The van der Waals surface area contributed by atoms with E-state index in [-0.39, 0.29) is 66.7 Å². The van der Waals surface area contributed by atoms with Gasteiger partial charge in [0.2, 0.25) is 0 Å². The van der Waals surface area contributed by atoms with E-state index in [0.717, 1.165) is 70.9 Å². The van der Waals surface area contributed by atoms with Crippen LogP contribution < -0.4 is 18.9 Å². The molecule has 0 aromatic heterocycles. The summed E-state index contributed by atoms with van der Waals surface area (Å²) in [5.41, 5.74) is 6.06. The number of fused-ring (bicyclic) bond motifs is 3. The summed E-state index contributed by atoms with van der Waals surface area (Å²) < 4.78 is 39.3. The van der Waals surface area contributed by atoms with Crippen molar-refractivity contribution in [2.24, 2.45) is 11.8 Å². The van der Waals surface area contributed by atoms with Crippen LogP contribution in [0.2, 0.25) is 0 Å². The van der Waals surface area contributed by atoms with Crippen LogP contribution in [-0.4, -0.2) is 61.2 Å². The molecule has 0 bridgehead atoms. The van der Waals surface area contributed by atoms with E-state index < -0.39 is 11.9 Å². The molecule has 374 valence electrons. The van der Waals surface area contributed by atoms with Crippen molar-refractivity contribution in [2.75, 3.05) is 13.2 Å². The average Bonchev–Trinajstić information content (AvgIpc) is 3.66. The van der Waals surface area contributed by atoms with Crippen LogP contribution in [0.15, 0.2) is 110 Å². The minimum atomic E-state index is -0.537. The van der Waals surface area contributed by atoms with Crippen molar-refractivity contribution in [3.63, 3.8) is 0 Å². The number of benzene rings is 4. The molecule has 1 unspecified atom stereocenters. The van der Waals surface area contributed by atoms with E-state index >= 15 is 0 Å². The normalized spacial score (nSPS) is 18.9. The Hall–Kier alpha value is -7.02. The fourth-order valence-corrected chi connectivity index (χ4v) is 9.41. The number of rotatable bonds is 23. The maximum Gasteiger partial charge on any atom is 0.335 e. The van der Waals surface area contributed by atoms with Gasteiger partial charge in [-0.25, -0.2) is 9.59 Å². The minimum Gasteiger partial charge on any atom is -0.494 e. The van der Waals surface area contributed by atoms with Crippen LogP contribution in [0.3, 0.4) is 0 Å². The molecule has 0 heterocycles. The van der Waals surface area contributed by atoms with Gasteiger partial charge in [-0.1, -0.05) is 56.5 Å². The van der Waals surface area contributed by atoms with E-state index in [0.29, 0.717) is 94.7 Å². The lowest BCUT2D eigenvalue weighted by Crippen LogP contribution is -2.30. The number of hydrogen-bond acceptors (Lipinski definition) is 13. The summed E-state index contributed by atoms with van der Waals surface area (Å²) in [6, 6.07) is 26.1. The summed E-state index contributed by atoms with van der Waals surface area (Å²) in [5, 5.41) is 0. The Morgan fingerprint density at radius 2 is 0.944 bits per heavy atom. The van der Waals surface area contributed by atoms with Gasteiger partial charge in [-0.05, 0) is 172 Å². The quantitative estimate of drug-likeness (QED) is 0.0227. The highest BCUT2D eigenvalue weighted by Crippen LogP contribution is 2.47. The van der Waals surface area contributed by atoms with Crippen LogP contribution in [0.25, 0.3) is 11.1 Å². The standard InChI is InChI=1S/C58H64O13/c1-4-53(59)66-35-9-7-6-8-34-65-43-20-10-39(11-21-43)14-32-55(61)68-45-24-16-41(17-25-45)57(63)70-47-28-30-49-50-31-29-48(37-52(50)38(3)51(49)36-47)71-58(64)42-18-26-46(27-19-42)69-56(62)33-15-40-12-22-44(23-13-40)67-54(60)5-2/h4-5,10-13,20-23,28-31,36-38,41-42,45-46H,1-2,6-9,14-19,24-27,32-35H2,3H3. The fraction of sp³-hybridized carbons (Fsp3) is 0.414. The molecule has 3 aliphatic rings. The van der Waals surface area contributed by atoms with Gasteiger partial charge < -0.3 is 33.2 Å². The first-order valence-electron chi connectivity index (χ1n) is 25.0. The first-order valence-corrected chi connectivity index (χ1v) is 25.0. The molecule has 71 heavy (non-hydrogen) atoms. The lowest BCUT2D eigenvalue weighted by atomic mass is 9.87. The highest BCUT2D eigenvalue weighted by molar-refractivity contribution is 5.84. The molecule has 1 atom stereocenters. The van der Waals surface area contributed by atoms with E-state index in [1.54, 1.807) is 24.3 Å². The van der Waals surface area contributed by atoms with Crippen LogP contribution in [0.4, 0.5) is 0 Å². The monoisotopic (exact) mass is 968 g/mol. The van der Waals surface area contributed by atoms with Crippen molar-refractivity contribution in [2.45, 2.75) is 128 Å². The van der Waals surface area contributed by atoms with Crippen molar-refractivity contribution in [3.8, 4) is 34.1 Å². The van der Waals surface area contributed by atoms with Gasteiger partial charge in [0.25, 0.3) is 0 Å². The summed E-state index contributed by atoms with van der Waals surface area (Å²) in [6.07, 6.45) is 11.6. The van der Waals surface area contributed by atoms with Gasteiger partial charge in [0.05, 0.1) is 25.0 Å². The number of esters is 6. The fourth-order valence-electron chi connectivity index (χ4n) is 9.41. The molecule has 2 fully saturated rings. The maximum atomic E-state index is 13.3. The molecule has 0 aliphatic heterocycles. The van der Waals surface area contributed by atoms with Gasteiger partial charge in [0.15, 0.2) is 0 Å². The van der Waals surface area contributed by atoms with Crippen molar-refractivity contribution in [1.29, 1.82) is 0 Å². The number of carbonyl (C=O) groups excluding carboxylic acids is 6. The summed E-state index contributed by atoms with van der Waals surface area (Å²) in [7, 11) is 0. The second kappa shape index (κ2) is 25.7. The smallest absolute Gasteiger partial charge is 0.335 e.